The molecule has 1 aromatic rings. The Balaban J connectivity index is 3.26. The summed E-state index contributed by atoms with van der Waals surface area (Å²) in [5.41, 5.74) is 0.315. The lowest BCUT2D eigenvalue weighted by Crippen LogP contribution is -2.29. The number of aryl methyl sites for hydroxylation is 1. The molecule has 1 N–H and O–H groups in total. The Bertz CT molecular complexity index is 374. The van der Waals surface area contributed by atoms with Crippen LogP contribution in [-0.4, -0.2) is 16.1 Å². The molecular formula is C10H12ClNO2. The molecule has 0 unspecified atom stereocenters. The zero-order valence-electron chi connectivity index (χ0n) is 8.34. The number of nitrogens with zero attached hydrogens (tertiary/aromatic N) is 1. The topological polar surface area (TPSA) is 50.2 Å². The average Bonchev–Trinajstić information content (AvgIpc) is 2.02. The van der Waals surface area contributed by atoms with Crippen LogP contribution in [0, 0.1) is 6.92 Å². The van der Waals surface area contributed by atoms with Gasteiger partial charge in [-0.25, -0.2) is 4.98 Å². The fourth-order valence-electron chi connectivity index (χ4n) is 1.11. The lowest BCUT2D eigenvalue weighted by molar-refractivity contribution is -0.142. The van der Waals surface area contributed by atoms with Gasteiger partial charge in [0.05, 0.1) is 5.41 Å². The highest BCUT2D eigenvalue weighted by Crippen LogP contribution is 2.28. The molecule has 14 heavy (non-hydrogen) atoms. The van der Waals surface area contributed by atoms with Crippen LogP contribution in [0.4, 0.5) is 0 Å². The van der Waals surface area contributed by atoms with Gasteiger partial charge in [-0.2, -0.15) is 0 Å². The van der Waals surface area contributed by atoms with Gasteiger partial charge in [0.1, 0.15) is 5.15 Å². The summed E-state index contributed by atoms with van der Waals surface area (Å²) in [5.74, 6) is -0.912. The van der Waals surface area contributed by atoms with Crippen molar-refractivity contribution in [2.24, 2.45) is 0 Å². The number of rotatable bonds is 2. The highest BCUT2D eigenvalue weighted by atomic mass is 35.5. The quantitative estimate of drug-likeness (QED) is 0.768. The first-order valence-corrected chi connectivity index (χ1v) is 4.60. The van der Waals surface area contributed by atoms with Crippen molar-refractivity contribution in [1.82, 2.24) is 4.98 Å². The van der Waals surface area contributed by atoms with Crippen LogP contribution in [0.15, 0.2) is 12.1 Å². The molecule has 76 valence electrons. The second-order valence-corrected chi connectivity index (χ2v) is 4.08. The molecule has 0 atom stereocenters. The van der Waals surface area contributed by atoms with E-state index in [1.807, 2.05) is 6.92 Å². The van der Waals surface area contributed by atoms with Gasteiger partial charge in [0.15, 0.2) is 0 Å². The highest BCUT2D eigenvalue weighted by molar-refractivity contribution is 6.30. The van der Waals surface area contributed by atoms with Crippen LogP contribution in [0.1, 0.15) is 25.1 Å². The van der Waals surface area contributed by atoms with E-state index < -0.39 is 11.4 Å². The largest absolute Gasteiger partial charge is 0.481 e. The minimum Gasteiger partial charge on any atom is -0.481 e. The first kappa shape index (κ1) is 11.0. The summed E-state index contributed by atoms with van der Waals surface area (Å²) < 4.78 is 0. The van der Waals surface area contributed by atoms with Gasteiger partial charge in [-0.3, -0.25) is 4.79 Å². The second-order valence-electron chi connectivity index (χ2n) is 3.72. The maximum Gasteiger partial charge on any atom is 0.313 e. The molecule has 0 aliphatic heterocycles. The molecule has 0 saturated heterocycles. The van der Waals surface area contributed by atoms with Crippen LogP contribution in [0.2, 0.25) is 5.15 Å². The fourth-order valence-corrected chi connectivity index (χ4v) is 1.54. The van der Waals surface area contributed by atoms with Crippen LogP contribution in [0.25, 0.3) is 0 Å². The van der Waals surface area contributed by atoms with E-state index in [0.29, 0.717) is 5.56 Å². The van der Waals surface area contributed by atoms with Gasteiger partial charge in [-0.15, -0.1) is 0 Å². The van der Waals surface area contributed by atoms with Gasteiger partial charge in [0, 0.05) is 11.3 Å². The fraction of sp³-hybridized carbons (Fsp3) is 0.400. The maximum atomic E-state index is 11.0. The lowest BCUT2D eigenvalue weighted by Gasteiger charge is -2.20. The van der Waals surface area contributed by atoms with E-state index in [-0.39, 0.29) is 5.15 Å². The van der Waals surface area contributed by atoms with E-state index in [0.717, 1.165) is 5.69 Å². The zero-order chi connectivity index (χ0) is 10.9. The standard InChI is InChI=1S/C10H12ClNO2/c1-6-4-5-7(8(11)12-6)10(2,3)9(13)14/h4-5H,1-3H3,(H,13,14). The lowest BCUT2D eigenvalue weighted by atomic mass is 9.86. The molecule has 0 aliphatic carbocycles. The monoisotopic (exact) mass is 213 g/mol. The summed E-state index contributed by atoms with van der Waals surface area (Å²) >= 11 is 5.88. The van der Waals surface area contributed by atoms with Crippen molar-refractivity contribution >= 4 is 17.6 Å². The van der Waals surface area contributed by atoms with E-state index in [4.69, 9.17) is 16.7 Å². The Kier molecular flexibility index (Phi) is 2.81. The number of carbonyl (C=O) groups is 1. The van der Waals surface area contributed by atoms with Gasteiger partial charge in [-0.1, -0.05) is 17.7 Å². The van der Waals surface area contributed by atoms with Crippen molar-refractivity contribution < 1.29 is 9.90 Å². The number of carboxylic acid groups (broad SMARTS) is 1. The van der Waals surface area contributed by atoms with Crippen LogP contribution >= 0.6 is 11.6 Å². The van der Waals surface area contributed by atoms with E-state index in [1.54, 1.807) is 26.0 Å². The van der Waals surface area contributed by atoms with Crippen LogP contribution in [-0.2, 0) is 10.2 Å². The van der Waals surface area contributed by atoms with Crippen molar-refractivity contribution in [1.29, 1.82) is 0 Å². The first-order chi connectivity index (χ1) is 6.35. The average molecular weight is 214 g/mol. The third-order valence-electron chi connectivity index (χ3n) is 2.20. The van der Waals surface area contributed by atoms with Crippen molar-refractivity contribution in [3.63, 3.8) is 0 Å². The molecule has 4 heteroatoms. The molecule has 0 saturated carbocycles. The van der Waals surface area contributed by atoms with Crippen LogP contribution < -0.4 is 0 Å². The molecule has 1 rings (SSSR count). The van der Waals surface area contributed by atoms with Gasteiger partial charge in [0.2, 0.25) is 0 Å². The van der Waals surface area contributed by atoms with Gasteiger partial charge < -0.3 is 5.11 Å². The SMILES string of the molecule is Cc1ccc(C(C)(C)C(=O)O)c(Cl)n1. The molecule has 0 bridgehead atoms. The molecule has 0 amide bonds. The smallest absolute Gasteiger partial charge is 0.313 e. The van der Waals surface area contributed by atoms with Crippen LogP contribution in [0.5, 0.6) is 0 Å². The molecular weight excluding hydrogens is 202 g/mol. The third-order valence-corrected chi connectivity index (χ3v) is 2.48. The van der Waals surface area contributed by atoms with E-state index in [9.17, 15) is 4.79 Å². The Morgan fingerprint density at radius 3 is 2.50 bits per heavy atom. The summed E-state index contributed by atoms with van der Waals surface area (Å²) in [5, 5.41) is 9.26. The van der Waals surface area contributed by atoms with Gasteiger partial charge >= 0.3 is 5.97 Å². The zero-order valence-corrected chi connectivity index (χ0v) is 9.09. The molecule has 1 aromatic heterocycles. The number of pyridine rings is 1. The molecule has 0 aromatic carbocycles. The Morgan fingerprint density at radius 1 is 1.50 bits per heavy atom. The number of hydrogen-bond donors (Lipinski definition) is 1. The van der Waals surface area contributed by atoms with Gasteiger partial charge in [0.25, 0.3) is 0 Å². The minimum atomic E-state index is -1.00. The van der Waals surface area contributed by atoms with Crippen molar-refractivity contribution in [3.8, 4) is 0 Å². The van der Waals surface area contributed by atoms with Crippen molar-refractivity contribution in [2.75, 3.05) is 0 Å². The van der Waals surface area contributed by atoms with E-state index in [1.165, 1.54) is 0 Å². The summed E-state index contributed by atoms with van der Waals surface area (Å²) in [7, 11) is 0. The highest BCUT2D eigenvalue weighted by Gasteiger charge is 2.31. The third kappa shape index (κ3) is 1.87. The normalized spacial score (nSPS) is 11.4. The first-order valence-electron chi connectivity index (χ1n) is 4.22. The Hall–Kier alpha value is -1.09. The van der Waals surface area contributed by atoms with E-state index in [2.05, 4.69) is 4.98 Å². The number of carboxylic acids is 1. The predicted octanol–water partition coefficient (Wildman–Crippen LogP) is 2.41. The molecule has 0 aliphatic rings. The summed E-state index contributed by atoms with van der Waals surface area (Å²) in [6, 6.07) is 3.46. The second kappa shape index (κ2) is 3.58. The summed E-state index contributed by atoms with van der Waals surface area (Å²) in [6.07, 6.45) is 0. The number of aliphatic carboxylic acids is 1. The number of aromatic nitrogens is 1. The van der Waals surface area contributed by atoms with Crippen molar-refractivity contribution in [3.05, 3.63) is 28.5 Å². The van der Waals surface area contributed by atoms with Gasteiger partial charge in [-0.05, 0) is 26.8 Å². The molecule has 0 spiro atoms. The number of hydrogen-bond acceptors (Lipinski definition) is 2. The molecule has 0 radical (unpaired) electrons. The summed E-state index contributed by atoms with van der Waals surface area (Å²) in [4.78, 5) is 15.0. The molecule has 1 heterocycles. The minimum absolute atomic E-state index is 0.261. The molecule has 0 fully saturated rings. The maximum absolute atomic E-state index is 11.0. The Labute approximate surface area is 87.7 Å². The van der Waals surface area contributed by atoms with E-state index >= 15 is 0 Å². The number of halogens is 1. The Morgan fingerprint density at radius 2 is 2.07 bits per heavy atom. The molecule has 3 nitrogen and oxygen atoms in total. The van der Waals surface area contributed by atoms with Crippen LogP contribution in [0.3, 0.4) is 0 Å². The van der Waals surface area contributed by atoms with Crippen molar-refractivity contribution in [2.45, 2.75) is 26.2 Å². The predicted molar refractivity (Wildman–Crippen MR) is 54.6 cm³/mol. The summed E-state index contributed by atoms with van der Waals surface area (Å²) in [6.45, 7) is 5.02.